The number of rotatable bonds is 8. The molecule has 0 spiro atoms. The first kappa shape index (κ1) is 16.4. The van der Waals surface area contributed by atoms with E-state index in [9.17, 15) is 4.79 Å². The molecule has 112 valence electrons. The van der Waals surface area contributed by atoms with Crippen molar-refractivity contribution in [2.24, 2.45) is 0 Å². The number of nitrogens with one attached hydrogen (secondary N) is 2. The Morgan fingerprint density at radius 1 is 1.42 bits per heavy atom. The highest BCUT2D eigenvalue weighted by Gasteiger charge is 2.22. The van der Waals surface area contributed by atoms with Gasteiger partial charge in [-0.1, -0.05) is 13.8 Å². The van der Waals surface area contributed by atoms with E-state index in [1.807, 2.05) is 0 Å². The molecule has 19 heavy (non-hydrogen) atoms. The summed E-state index contributed by atoms with van der Waals surface area (Å²) in [4.78, 5) is 14.4. The monoisotopic (exact) mass is 269 g/mol. The molecule has 0 aromatic carbocycles. The number of hydrogen-bond donors (Lipinski definition) is 2. The van der Waals surface area contributed by atoms with Gasteiger partial charge in [0.25, 0.3) is 0 Å². The average Bonchev–Trinajstić information content (AvgIpc) is 2.81. The van der Waals surface area contributed by atoms with Crippen molar-refractivity contribution < 1.29 is 4.79 Å². The summed E-state index contributed by atoms with van der Waals surface area (Å²) in [6.45, 7) is 12.1. The molecule has 0 radical (unpaired) electrons. The lowest BCUT2D eigenvalue weighted by Crippen LogP contribution is -2.49. The number of carbonyl (C=O) groups is 1. The van der Waals surface area contributed by atoms with Crippen molar-refractivity contribution in [1.82, 2.24) is 15.5 Å². The predicted octanol–water partition coefficient (Wildman–Crippen LogP) is 1.76. The van der Waals surface area contributed by atoms with Gasteiger partial charge in [-0.25, -0.2) is 0 Å². The van der Waals surface area contributed by atoms with Crippen LogP contribution in [0.15, 0.2) is 0 Å². The summed E-state index contributed by atoms with van der Waals surface area (Å²) in [5.41, 5.74) is -0.0967. The van der Waals surface area contributed by atoms with Crippen LogP contribution in [-0.2, 0) is 4.79 Å². The summed E-state index contributed by atoms with van der Waals surface area (Å²) in [6, 6.07) is 0.568. The molecule has 1 heterocycles. The third-order valence-electron chi connectivity index (χ3n) is 3.91. The fourth-order valence-corrected chi connectivity index (χ4v) is 2.48. The van der Waals surface area contributed by atoms with Crippen LogP contribution < -0.4 is 10.6 Å². The Hall–Kier alpha value is -0.610. The molecule has 4 nitrogen and oxygen atoms in total. The zero-order valence-electron chi connectivity index (χ0n) is 13.1. The second-order valence-corrected chi connectivity index (χ2v) is 6.31. The number of hydrogen-bond acceptors (Lipinski definition) is 3. The van der Waals surface area contributed by atoms with Crippen LogP contribution in [0.1, 0.15) is 53.4 Å². The average molecular weight is 269 g/mol. The molecule has 1 amide bonds. The highest BCUT2D eigenvalue weighted by Crippen LogP contribution is 2.09. The van der Waals surface area contributed by atoms with Crippen LogP contribution in [0, 0.1) is 0 Å². The molecule has 0 aliphatic carbocycles. The van der Waals surface area contributed by atoms with Crippen molar-refractivity contribution in [2.45, 2.75) is 65.0 Å². The van der Waals surface area contributed by atoms with Crippen LogP contribution in [0.3, 0.4) is 0 Å². The normalized spacial score (nSPS) is 19.9. The van der Waals surface area contributed by atoms with Gasteiger partial charge in [0.1, 0.15) is 0 Å². The first-order chi connectivity index (χ1) is 8.96. The predicted molar refractivity (Wildman–Crippen MR) is 80.3 cm³/mol. The zero-order valence-corrected chi connectivity index (χ0v) is 13.1. The standard InChI is InChI=1S/C15H31N3O/c1-5-10-18(11-13-8-7-9-16-13)12-14(19)17-15(3,4)6-2/h13,16H,5-12H2,1-4H3,(H,17,19). The van der Waals surface area contributed by atoms with Crippen molar-refractivity contribution in [2.75, 3.05) is 26.2 Å². The summed E-state index contributed by atoms with van der Waals surface area (Å²) < 4.78 is 0. The van der Waals surface area contributed by atoms with Crippen molar-refractivity contribution >= 4 is 5.91 Å². The summed E-state index contributed by atoms with van der Waals surface area (Å²) >= 11 is 0. The molecule has 1 aliphatic rings. The fourth-order valence-electron chi connectivity index (χ4n) is 2.48. The SMILES string of the molecule is CCCN(CC(=O)NC(C)(C)CC)CC1CCCN1. The van der Waals surface area contributed by atoms with Crippen LogP contribution in [0.5, 0.6) is 0 Å². The van der Waals surface area contributed by atoms with Crippen LogP contribution in [0.2, 0.25) is 0 Å². The van der Waals surface area contributed by atoms with Crippen LogP contribution in [0.25, 0.3) is 0 Å². The summed E-state index contributed by atoms with van der Waals surface area (Å²) in [7, 11) is 0. The van der Waals surface area contributed by atoms with E-state index in [0.29, 0.717) is 12.6 Å². The molecule has 1 unspecified atom stereocenters. The summed E-state index contributed by atoms with van der Waals surface area (Å²) in [5, 5.41) is 6.62. The fraction of sp³-hybridized carbons (Fsp3) is 0.933. The third kappa shape index (κ3) is 6.39. The molecule has 4 heteroatoms. The lowest BCUT2D eigenvalue weighted by molar-refractivity contribution is -0.124. The molecule has 1 atom stereocenters. The Bertz CT molecular complexity index is 273. The van der Waals surface area contributed by atoms with Gasteiger partial charge in [0.2, 0.25) is 5.91 Å². The quantitative estimate of drug-likeness (QED) is 0.706. The first-order valence-corrected chi connectivity index (χ1v) is 7.73. The minimum atomic E-state index is -0.0967. The highest BCUT2D eigenvalue weighted by molar-refractivity contribution is 5.78. The van der Waals surface area contributed by atoms with Crippen molar-refractivity contribution in [3.05, 3.63) is 0 Å². The van der Waals surface area contributed by atoms with Gasteiger partial charge in [0.15, 0.2) is 0 Å². The second-order valence-electron chi connectivity index (χ2n) is 6.31. The summed E-state index contributed by atoms with van der Waals surface area (Å²) in [5.74, 6) is 0.151. The van der Waals surface area contributed by atoms with E-state index < -0.39 is 0 Å². The molecular formula is C15H31N3O. The van der Waals surface area contributed by atoms with Gasteiger partial charge in [0.05, 0.1) is 6.54 Å². The van der Waals surface area contributed by atoms with E-state index in [2.05, 4.69) is 43.2 Å². The summed E-state index contributed by atoms with van der Waals surface area (Å²) in [6.07, 6.45) is 4.55. The maximum absolute atomic E-state index is 12.1. The second kappa shape index (κ2) is 7.85. The molecule has 1 fully saturated rings. The van der Waals surface area contributed by atoms with Gasteiger partial charge >= 0.3 is 0 Å². The molecule has 1 rings (SSSR count). The highest BCUT2D eigenvalue weighted by atomic mass is 16.2. The molecule has 0 aromatic heterocycles. The van der Waals surface area contributed by atoms with Crippen molar-refractivity contribution in [3.63, 3.8) is 0 Å². The lowest BCUT2D eigenvalue weighted by Gasteiger charge is -2.28. The van der Waals surface area contributed by atoms with E-state index in [1.165, 1.54) is 12.8 Å². The molecule has 0 aromatic rings. The van der Waals surface area contributed by atoms with Gasteiger partial charge in [0, 0.05) is 18.1 Å². The smallest absolute Gasteiger partial charge is 0.234 e. The Kier molecular flexibility index (Phi) is 6.80. The van der Waals surface area contributed by atoms with E-state index in [0.717, 1.165) is 32.5 Å². The maximum atomic E-state index is 12.1. The Balaban J connectivity index is 2.40. The maximum Gasteiger partial charge on any atom is 0.234 e. The Morgan fingerprint density at radius 3 is 2.68 bits per heavy atom. The first-order valence-electron chi connectivity index (χ1n) is 7.73. The number of nitrogens with zero attached hydrogens (tertiary/aromatic N) is 1. The van der Waals surface area contributed by atoms with E-state index in [4.69, 9.17) is 0 Å². The van der Waals surface area contributed by atoms with E-state index in [1.54, 1.807) is 0 Å². The van der Waals surface area contributed by atoms with E-state index >= 15 is 0 Å². The molecular weight excluding hydrogens is 238 g/mol. The molecule has 2 N–H and O–H groups in total. The Labute approximate surface area is 118 Å². The minimum absolute atomic E-state index is 0.0967. The molecule has 1 saturated heterocycles. The van der Waals surface area contributed by atoms with Gasteiger partial charge in [-0.05, 0) is 52.6 Å². The van der Waals surface area contributed by atoms with Gasteiger partial charge in [-0.3, -0.25) is 9.69 Å². The van der Waals surface area contributed by atoms with E-state index in [-0.39, 0.29) is 11.4 Å². The lowest BCUT2D eigenvalue weighted by atomic mass is 10.0. The molecule has 1 aliphatic heterocycles. The van der Waals surface area contributed by atoms with Gasteiger partial charge < -0.3 is 10.6 Å². The molecule has 0 saturated carbocycles. The largest absolute Gasteiger partial charge is 0.350 e. The molecule has 0 bridgehead atoms. The van der Waals surface area contributed by atoms with Crippen molar-refractivity contribution in [1.29, 1.82) is 0 Å². The minimum Gasteiger partial charge on any atom is -0.350 e. The van der Waals surface area contributed by atoms with Gasteiger partial charge in [-0.15, -0.1) is 0 Å². The van der Waals surface area contributed by atoms with Gasteiger partial charge in [-0.2, -0.15) is 0 Å². The van der Waals surface area contributed by atoms with Crippen molar-refractivity contribution in [3.8, 4) is 0 Å². The van der Waals surface area contributed by atoms with Crippen LogP contribution >= 0.6 is 0 Å². The number of amides is 1. The van der Waals surface area contributed by atoms with Crippen LogP contribution in [0.4, 0.5) is 0 Å². The number of carbonyl (C=O) groups excluding carboxylic acids is 1. The zero-order chi connectivity index (χ0) is 14.3. The Morgan fingerprint density at radius 2 is 2.16 bits per heavy atom. The topological polar surface area (TPSA) is 44.4 Å². The third-order valence-corrected chi connectivity index (χ3v) is 3.91. The van der Waals surface area contributed by atoms with Crippen LogP contribution in [-0.4, -0.2) is 48.6 Å².